The molecule has 4 nitrogen and oxygen atoms in total. The van der Waals surface area contributed by atoms with Crippen LogP contribution in [0.1, 0.15) is 21.3 Å². The molecule has 0 saturated carbocycles. The zero-order valence-corrected chi connectivity index (χ0v) is 10.1. The summed E-state index contributed by atoms with van der Waals surface area (Å²) in [6.07, 6.45) is 0. The molecule has 0 bridgehead atoms. The van der Waals surface area contributed by atoms with Crippen LogP contribution in [0.5, 0.6) is 11.5 Å². The maximum Gasteiger partial charge on any atom is 0.262 e. The van der Waals surface area contributed by atoms with E-state index in [1.807, 2.05) is 0 Å². The number of amides is 1. The predicted octanol–water partition coefficient (Wildman–Crippen LogP) is 3.04. The van der Waals surface area contributed by atoms with E-state index in [0.717, 1.165) is 0 Å². The van der Waals surface area contributed by atoms with Crippen molar-refractivity contribution in [2.75, 3.05) is 17.2 Å². The van der Waals surface area contributed by atoms with Crippen LogP contribution in [0.3, 0.4) is 0 Å². The van der Waals surface area contributed by atoms with E-state index in [1.54, 1.807) is 36.4 Å². The minimum absolute atomic E-state index is 0.250. The lowest BCUT2D eigenvalue weighted by atomic mass is 10.1. The summed E-state index contributed by atoms with van der Waals surface area (Å²) in [6, 6.07) is 11.6. The van der Waals surface area contributed by atoms with E-state index in [9.17, 15) is 4.79 Å². The highest BCUT2D eigenvalue weighted by Crippen LogP contribution is 2.38. The third-order valence-electron chi connectivity index (χ3n) is 3.01. The number of hydrogen-bond acceptors (Lipinski definition) is 3. The molecule has 96 valence electrons. The first kappa shape index (κ1) is 8.58. The Hall–Kier alpha value is -2.49. The quantitative estimate of drug-likeness (QED) is 0.799. The van der Waals surface area contributed by atoms with Crippen molar-refractivity contribution in [1.82, 2.24) is 0 Å². The first-order chi connectivity index (χ1) is 10.3. The average Bonchev–Trinajstić information content (AvgIpc) is 2.55. The lowest BCUT2D eigenvalue weighted by Crippen LogP contribution is -2.29. The van der Waals surface area contributed by atoms with Gasteiger partial charge in [-0.3, -0.25) is 4.79 Å². The van der Waals surface area contributed by atoms with E-state index in [-0.39, 0.29) is 5.56 Å². The van der Waals surface area contributed by atoms with Gasteiger partial charge in [0.15, 0.2) is 5.75 Å². The Morgan fingerprint density at radius 1 is 1.26 bits per heavy atom. The molecule has 1 amide bonds. The van der Waals surface area contributed by atoms with Gasteiger partial charge in [-0.05, 0) is 37.2 Å². The van der Waals surface area contributed by atoms with E-state index in [1.165, 1.54) is 11.0 Å². The zero-order chi connectivity index (χ0) is 15.9. The monoisotopic (exact) mass is 257 g/mol. The van der Waals surface area contributed by atoms with Gasteiger partial charge in [-0.15, -0.1) is 0 Å². The molecule has 1 aliphatic heterocycles. The predicted molar refractivity (Wildman–Crippen MR) is 74.7 cm³/mol. The summed E-state index contributed by atoms with van der Waals surface area (Å²) in [5.41, 5.74) is 6.83. The summed E-state index contributed by atoms with van der Waals surface area (Å²) in [4.78, 5) is 14.0. The van der Waals surface area contributed by atoms with Gasteiger partial charge in [0.2, 0.25) is 0 Å². The summed E-state index contributed by atoms with van der Waals surface area (Å²) < 4.78 is 28.2. The molecule has 0 atom stereocenters. The molecule has 4 heteroatoms. The fourth-order valence-corrected chi connectivity index (χ4v) is 2.10. The van der Waals surface area contributed by atoms with E-state index in [0.29, 0.717) is 22.9 Å². The third-order valence-corrected chi connectivity index (χ3v) is 3.01. The number of nitrogens with zero attached hydrogens (tertiary/aromatic N) is 1. The van der Waals surface area contributed by atoms with Crippen LogP contribution in [0, 0.1) is 0 Å². The van der Waals surface area contributed by atoms with Crippen LogP contribution in [0.25, 0.3) is 0 Å². The van der Waals surface area contributed by atoms with Gasteiger partial charge in [-0.25, -0.2) is 0 Å². The van der Waals surface area contributed by atoms with Crippen LogP contribution < -0.4 is 15.4 Å². The topological polar surface area (TPSA) is 55.6 Å². The van der Waals surface area contributed by atoms with E-state index in [2.05, 4.69) is 0 Å². The van der Waals surface area contributed by atoms with Gasteiger partial charge in [-0.2, -0.15) is 0 Å². The summed E-state index contributed by atoms with van der Waals surface area (Å²) in [6.45, 7) is -2.69. The van der Waals surface area contributed by atoms with Crippen LogP contribution in [-0.4, -0.2) is 12.5 Å². The zero-order valence-electron chi connectivity index (χ0n) is 13.1. The van der Waals surface area contributed by atoms with E-state index < -0.39 is 19.3 Å². The second kappa shape index (κ2) is 4.31. The van der Waals surface area contributed by atoms with Crippen molar-refractivity contribution in [2.24, 2.45) is 0 Å². The Bertz CT molecular complexity index is 744. The van der Waals surface area contributed by atoms with Crippen LogP contribution in [-0.2, 0) is 0 Å². The number of carbonyl (C=O) groups excluding carboxylic acids is 1. The molecule has 0 fully saturated rings. The van der Waals surface area contributed by atoms with Gasteiger partial charge in [0.25, 0.3) is 5.91 Å². The number of fused-ring (bicyclic) bond motifs is 2. The van der Waals surface area contributed by atoms with Crippen molar-refractivity contribution in [1.29, 1.82) is 0 Å². The Morgan fingerprint density at radius 2 is 2.11 bits per heavy atom. The number of ether oxygens (including phenoxy) is 1. The van der Waals surface area contributed by atoms with Crippen LogP contribution in [0.4, 0.5) is 11.4 Å². The van der Waals surface area contributed by atoms with Crippen molar-refractivity contribution < 1.29 is 13.6 Å². The molecule has 0 unspecified atom stereocenters. The number of para-hydroxylation sites is 2. The fraction of sp³-hybridized carbons (Fsp3) is 0.133. The standard InChI is InChI=1S/C15H14N2O2/c1-2-17-12-5-3-4-6-14(12)19-13-8-7-10(16)9-11(13)15(17)18/h3-9H,2,16H2,1H3/i1D3. The molecule has 0 radical (unpaired) electrons. The van der Waals surface area contributed by atoms with Crippen LogP contribution in [0.2, 0.25) is 0 Å². The lowest BCUT2D eigenvalue weighted by Gasteiger charge is -2.19. The number of carbonyl (C=O) groups is 1. The lowest BCUT2D eigenvalue weighted by molar-refractivity contribution is 0.0988. The number of anilines is 2. The first-order valence-corrected chi connectivity index (χ1v) is 5.83. The summed E-state index contributed by atoms with van der Waals surface area (Å²) in [7, 11) is 0. The van der Waals surface area contributed by atoms with Crippen molar-refractivity contribution in [3.05, 3.63) is 48.0 Å². The summed E-state index contributed by atoms with van der Waals surface area (Å²) in [5.74, 6) is 0.353. The Kier molecular flexibility index (Phi) is 1.95. The molecule has 1 aliphatic rings. The summed E-state index contributed by atoms with van der Waals surface area (Å²) >= 11 is 0. The third kappa shape index (κ3) is 1.81. The summed E-state index contributed by atoms with van der Waals surface area (Å²) in [5, 5.41) is 0. The highest BCUT2D eigenvalue weighted by Gasteiger charge is 2.26. The molecule has 19 heavy (non-hydrogen) atoms. The Labute approximate surface area is 115 Å². The average molecular weight is 257 g/mol. The smallest absolute Gasteiger partial charge is 0.262 e. The molecule has 2 aromatic rings. The minimum Gasteiger partial charge on any atom is -0.454 e. The number of benzene rings is 2. The van der Waals surface area contributed by atoms with Gasteiger partial charge in [0, 0.05) is 16.3 Å². The molecular weight excluding hydrogens is 240 g/mol. The normalized spacial score (nSPS) is 16.3. The SMILES string of the molecule is [2H]C([2H])([2H])CN1C(=O)c2cc(N)ccc2Oc2ccccc21. The van der Waals surface area contributed by atoms with Gasteiger partial charge in [0.1, 0.15) is 5.75 Å². The molecule has 3 rings (SSSR count). The molecule has 0 aromatic heterocycles. The molecule has 1 heterocycles. The molecule has 0 spiro atoms. The molecular formula is C15H14N2O2. The number of nitrogens with two attached hydrogens (primary N) is 1. The molecule has 0 aliphatic carbocycles. The number of nitrogen functional groups attached to an aromatic ring is 1. The minimum atomic E-state index is -2.28. The van der Waals surface area contributed by atoms with E-state index >= 15 is 0 Å². The van der Waals surface area contributed by atoms with E-state index in [4.69, 9.17) is 14.6 Å². The van der Waals surface area contributed by atoms with Gasteiger partial charge in [0.05, 0.1) is 11.3 Å². The highest BCUT2D eigenvalue weighted by atomic mass is 16.5. The molecule has 0 saturated heterocycles. The second-order valence-corrected chi connectivity index (χ2v) is 4.22. The highest BCUT2D eigenvalue weighted by molar-refractivity contribution is 6.10. The number of hydrogen-bond donors (Lipinski definition) is 1. The second-order valence-electron chi connectivity index (χ2n) is 4.22. The largest absolute Gasteiger partial charge is 0.454 e. The maximum atomic E-state index is 12.8. The Balaban J connectivity index is 2.17. The molecule has 2 N–H and O–H groups in total. The Morgan fingerprint density at radius 3 is 2.95 bits per heavy atom. The maximum absolute atomic E-state index is 12.8. The van der Waals surface area contributed by atoms with Crippen molar-refractivity contribution in [3.63, 3.8) is 0 Å². The van der Waals surface area contributed by atoms with Gasteiger partial charge < -0.3 is 15.4 Å². The fourth-order valence-electron chi connectivity index (χ4n) is 2.10. The van der Waals surface area contributed by atoms with Gasteiger partial charge >= 0.3 is 0 Å². The first-order valence-electron chi connectivity index (χ1n) is 7.33. The molecule has 2 aromatic carbocycles. The van der Waals surface area contributed by atoms with Crippen LogP contribution >= 0.6 is 0 Å². The van der Waals surface area contributed by atoms with Crippen LogP contribution in [0.15, 0.2) is 42.5 Å². The van der Waals surface area contributed by atoms with Gasteiger partial charge in [-0.1, -0.05) is 12.1 Å². The number of rotatable bonds is 1. The van der Waals surface area contributed by atoms with Crippen molar-refractivity contribution >= 4 is 17.3 Å². The van der Waals surface area contributed by atoms with Crippen molar-refractivity contribution in [2.45, 2.75) is 6.85 Å². The van der Waals surface area contributed by atoms with Crippen molar-refractivity contribution in [3.8, 4) is 11.5 Å².